The highest BCUT2D eigenvalue weighted by molar-refractivity contribution is 5.86. The van der Waals surface area contributed by atoms with Crippen molar-refractivity contribution in [3.8, 4) is 5.75 Å². The van der Waals surface area contributed by atoms with E-state index in [0.29, 0.717) is 32.1 Å². The normalized spacial score (nSPS) is 17.1. The van der Waals surface area contributed by atoms with Gasteiger partial charge in [0.05, 0.1) is 18.7 Å². The molecule has 106 valence electrons. The van der Waals surface area contributed by atoms with Crippen molar-refractivity contribution in [2.24, 2.45) is 0 Å². The van der Waals surface area contributed by atoms with E-state index in [0.717, 1.165) is 10.9 Å². The van der Waals surface area contributed by atoms with Gasteiger partial charge in [-0.15, -0.1) is 0 Å². The topological polar surface area (TPSA) is 54.6 Å². The van der Waals surface area contributed by atoms with Crippen LogP contribution in [0.2, 0.25) is 0 Å². The molecular formula is C15H18N2O3. The van der Waals surface area contributed by atoms with Gasteiger partial charge >= 0.3 is 0 Å². The average molecular weight is 274 g/mol. The van der Waals surface area contributed by atoms with Gasteiger partial charge in [0, 0.05) is 24.7 Å². The van der Waals surface area contributed by atoms with Crippen molar-refractivity contribution < 1.29 is 14.3 Å². The Kier molecular flexibility index (Phi) is 3.60. The maximum absolute atomic E-state index is 12.3. The first-order valence-corrected chi connectivity index (χ1v) is 6.85. The molecule has 2 heterocycles. The number of ether oxygens (including phenoxy) is 2. The number of aromatic amines is 1. The summed E-state index contributed by atoms with van der Waals surface area (Å²) in [6, 6.07) is 7.79. The molecule has 1 amide bonds. The summed E-state index contributed by atoms with van der Waals surface area (Å²) in [5.41, 5.74) is 0.925. The predicted octanol–water partition coefficient (Wildman–Crippen LogP) is 1.79. The van der Waals surface area contributed by atoms with Gasteiger partial charge in [0.15, 0.2) is 6.10 Å². The molecule has 1 saturated heterocycles. The molecule has 1 aliphatic heterocycles. The Balaban J connectivity index is 1.73. The first kappa shape index (κ1) is 13.0. The van der Waals surface area contributed by atoms with Gasteiger partial charge < -0.3 is 19.4 Å². The lowest BCUT2D eigenvalue weighted by molar-refractivity contribution is -0.142. The van der Waals surface area contributed by atoms with Gasteiger partial charge in [-0.1, -0.05) is 12.1 Å². The van der Waals surface area contributed by atoms with Crippen LogP contribution in [0.1, 0.15) is 6.92 Å². The molecule has 5 heteroatoms. The number of benzene rings is 1. The highest BCUT2D eigenvalue weighted by Crippen LogP contribution is 2.25. The molecular weight excluding hydrogens is 256 g/mol. The number of morpholine rings is 1. The number of amides is 1. The maximum atomic E-state index is 12.3. The van der Waals surface area contributed by atoms with Crippen LogP contribution in [0.4, 0.5) is 0 Å². The van der Waals surface area contributed by atoms with Crippen molar-refractivity contribution in [3.05, 3.63) is 30.5 Å². The number of carbonyl (C=O) groups is 1. The summed E-state index contributed by atoms with van der Waals surface area (Å²) in [5, 5.41) is 1.08. The number of H-pyrrole nitrogens is 1. The first-order chi connectivity index (χ1) is 9.75. The van der Waals surface area contributed by atoms with Crippen LogP contribution in [0.15, 0.2) is 30.5 Å². The highest BCUT2D eigenvalue weighted by Gasteiger charge is 2.24. The number of fused-ring (bicyclic) bond motifs is 1. The SMILES string of the molecule is CC(Oc1cccc2cc[nH]c12)C(=O)N1CCOCC1. The number of carbonyl (C=O) groups excluding carboxylic acids is 1. The van der Waals surface area contributed by atoms with Crippen LogP contribution >= 0.6 is 0 Å². The number of hydrogen-bond acceptors (Lipinski definition) is 3. The largest absolute Gasteiger partial charge is 0.479 e. The molecule has 0 bridgehead atoms. The van der Waals surface area contributed by atoms with E-state index < -0.39 is 6.10 Å². The summed E-state index contributed by atoms with van der Waals surface area (Å²) < 4.78 is 11.1. The summed E-state index contributed by atoms with van der Waals surface area (Å²) in [4.78, 5) is 17.2. The minimum absolute atomic E-state index is 0.0110. The smallest absolute Gasteiger partial charge is 0.263 e. The van der Waals surface area contributed by atoms with Crippen LogP contribution in [0, 0.1) is 0 Å². The summed E-state index contributed by atoms with van der Waals surface area (Å²) in [6.07, 6.45) is 1.37. The number of hydrogen-bond donors (Lipinski definition) is 1. The lowest BCUT2D eigenvalue weighted by Crippen LogP contribution is -2.46. The predicted molar refractivity (Wildman–Crippen MR) is 75.8 cm³/mol. The van der Waals surface area contributed by atoms with E-state index in [1.807, 2.05) is 30.5 Å². The van der Waals surface area contributed by atoms with Crippen molar-refractivity contribution in [2.45, 2.75) is 13.0 Å². The molecule has 0 saturated carbocycles. The van der Waals surface area contributed by atoms with E-state index >= 15 is 0 Å². The zero-order valence-corrected chi connectivity index (χ0v) is 11.5. The third-order valence-electron chi connectivity index (χ3n) is 3.52. The Hall–Kier alpha value is -2.01. The van der Waals surface area contributed by atoms with Crippen LogP contribution in [0.5, 0.6) is 5.75 Å². The molecule has 1 fully saturated rings. The maximum Gasteiger partial charge on any atom is 0.263 e. The summed E-state index contributed by atoms with van der Waals surface area (Å²) >= 11 is 0. The monoisotopic (exact) mass is 274 g/mol. The standard InChI is InChI=1S/C15H18N2O3/c1-11(15(18)17-7-9-19-10-8-17)20-13-4-2-3-12-5-6-16-14(12)13/h2-6,11,16H,7-10H2,1H3. The van der Waals surface area contributed by atoms with Crippen molar-refractivity contribution >= 4 is 16.8 Å². The van der Waals surface area contributed by atoms with Crippen LogP contribution in [0.3, 0.4) is 0 Å². The lowest BCUT2D eigenvalue weighted by Gasteiger charge is -2.29. The second kappa shape index (κ2) is 5.54. The van der Waals surface area contributed by atoms with Crippen LogP contribution in [-0.4, -0.2) is 48.2 Å². The molecule has 0 radical (unpaired) electrons. The van der Waals surface area contributed by atoms with E-state index in [1.54, 1.807) is 11.8 Å². The molecule has 2 aromatic rings. The summed E-state index contributed by atoms with van der Waals surface area (Å²) in [5.74, 6) is 0.721. The summed E-state index contributed by atoms with van der Waals surface area (Å²) in [7, 11) is 0. The number of rotatable bonds is 3. The van der Waals surface area contributed by atoms with E-state index in [1.165, 1.54) is 0 Å². The molecule has 1 aromatic heterocycles. The number of aromatic nitrogens is 1. The lowest BCUT2D eigenvalue weighted by atomic mass is 10.2. The van der Waals surface area contributed by atoms with Crippen LogP contribution in [-0.2, 0) is 9.53 Å². The summed E-state index contributed by atoms with van der Waals surface area (Å²) in [6.45, 7) is 4.27. The van der Waals surface area contributed by atoms with E-state index in [-0.39, 0.29) is 5.91 Å². The van der Waals surface area contributed by atoms with Gasteiger partial charge in [-0.05, 0) is 19.1 Å². The molecule has 1 N–H and O–H groups in total. The fourth-order valence-corrected chi connectivity index (χ4v) is 2.44. The minimum Gasteiger partial charge on any atom is -0.479 e. The zero-order chi connectivity index (χ0) is 13.9. The minimum atomic E-state index is -0.498. The van der Waals surface area contributed by atoms with Crippen molar-refractivity contribution in [2.75, 3.05) is 26.3 Å². The van der Waals surface area contributed by atoms with Gasteiger partial charge in [0.1, 0.15) is 5.75 Å². The molecule has 1 aliphatic rings. The van der Waals surface area contributed by atoms with Gasteiger partial charge in [0.25, 0.3) is 5.91 Å². The van der Waals surface area contributed by atoms with Gasteiger partial charge in [0.2, 0.25) is 0 Å². The van der Waals surface area contributed by atoms with Crippen LogP contribution < -0.4 is 4.74 Å². The van der Waals surface area contributed by atoms with Gasteiger partial charge in [-0.3, -0.25) is 4.79 Å². The van der Waals surface area contributed by atoms with Crippen molar-refractivity contribution in [1.82, 2.24) is 9.88 Å². The number of para-hydroxylation sites is 1. The fraction of sp³-hybridized carbons (Fsp3) is 0.400. The van der Waals surface area contributed by atoms with E-state index in [2.05, 4.69) is 4.98 Å². The number of nitrogens with one attached hydrogen (secondary N) is 1. The van der Waals surface area contributed by atoms with Crippen molar-refractivity contribution in [3.63, 3.8) is 0 Å². The fourth-order valence-electron chi connectivity index (χ4n) is 2.44. The van der Waals surface area contributed by atoms with Crippen LogP contribution in [0.25, 0.3) is 10.9 Å². The Bertz CT molecular complexity index is 602. The Morgan fingerprint density at radius 1 is 1.35 bits per heavy atom. The zero-order valence-electron chi connectivity index (χ0n) is 11.5. The molecule has 3 rings (SSSR count). The molecule has 1 aromatic carbocycles. The Morgan fingerprint density at radius 2 is 2.15 bits per heavy atom. The third-order valence-corrected chi connectivity index (χ3v) is 3.52. The third kappa shape index (κ3) is 2.49. The Morgan fingerprint density at radius 3 is 2.95 bits per heavy atom. The highest BCUT2D eigenvalue weighted by atomic mass is 16.5. The van der Waals surface area contributed by atoms with E-state index in [9.17, 15) is 4.79 Å². The Labute approximate surface area is 117 Å². The molecule has 1 unspecified atom stereocenters. The molecule has 5 nitrogen and oxygen atoms in total. The second-order valence-electron chi connectivity index (χ2n) is 4.90. The van der Waals surface area contributed by atoms with Gasteiger partial charge in [-0.25, -0.2) is 0 Å². The molecule has 0 spiro atoms. The molecule has 1 atom stereocenters. The first-order valence-electron chi connectivity index (χ1n) is 6.85. The number of nitrogens with zero attached hydrogens (tertiary/aromatic N) is 1. The second-order valence-corrected chi connectivity index (χ2v) is 4.90. The quantitative estimate of drug-likeness (QED) is 0.928. The average Bonchev–Trinajstić information content (AvgIpc) is 2.97. The molecule has 0 aliphatic carbocycles. The van der Waals surface area contributed by atoms with Gasteiger partial charge in [-0.2, -0.15) is 0 Å². The van der Waals surface area contributed by atoms with E-state index in [4.69, 9.17) is 9.47 Å². The molecule has 20 heavy (non-hydrogen) atoms. The van der Waals surface area contributed by atoms with Crippen molar-refractivity contribution in [1.29, 1.82) is 0 Å².